The van der Waals surface area contributed by atoms with Crippen molar-refractivity contribution in [2.45, 2.75) is 25.6 Å². The highest BCUT2D eigenvalue weighted by Crippen LogP contribution is 2.30. The third kappa shape index (κ3) is 4.39. The van der Waals surface area contributed by atoms with Crippen LogP contribution in [0.3, 0.4) is 0 Å². The molecule has 0 bridgehead atoms. The topological polar surface area (TPSA) is 38.3 Å². The standard InChI is InChI=1S/C21H18F3NO2/c1-2-18(27-19-9-5-7-14-6-3-4-8-17(14)19)20(26)25-16-12-10-15(11-13-16)21(22,23)24/h3-13,18H,2H2,1H3,(H,25,26). The minimum atomic E-state index is -4.41. The number of carbonyl (C=O) groups is 1. The lowest BCUT2D eigenvalue weighted by atomic mass is 10.1. The van der Waals surface area contributed by atoms with E-state index in [0.717, 1.165) is 22.9 Å². The van der Waals surface area contributed by atoms with Crippen molar-refractivity contribution in [1.82, 2.24) is 0 Å². The fourth-order valence-corrected chi connectivity index (χ4v) is 2.74. The van der Waals surface area contributed by atoms with Crippen LogP contribution in [0.4, 0.5) is 18.9 Å². The van der Waals surface area contributed by atoms with Crippen LogP contribution in [0, 0.1) is 0 Å². The molecule has 3 aromatic rings. The SMILES string of the molecule is CCC(Oc1cccc2ccccc12)C(=O)Nc1ccc(C(F)(F)F)cc1. The average molecular weight is 373 g/mol. The maximum Gasteiger partial charge on any atom is 0.416 e. The molecule has 0 spiro atoms. The van der Waals surface area contributed by atoms with Crippen molar-refractivity contribution in [3.8, 4) is 5.75 Å². The summed E-state index contributed by atoms with van der Waals surface area (Å²) in [5, 5.41) is 4.49. The molecule has 140 valence electrons. The van der Waals surface area contributed by atoms with Gasteiger partial charge in [0.05, 0.1) is 5.56 Å². The van der Waals surface area contributed by atoms with Crippen molar-refractivity contribution in [3.05, 3.63) is 72.3 Å². The summed E-state index contributed by atoms with van der Waals surface area (Å²) in [6, 6.07) is 17.6. The highest BCUT2D eigenvalue weighted by Gasteiger charge is 2.30. The summed E-state index contributed by atoms with van der Waals surface area (Å²) in [6.07, 6.45) is -4.76. The Labute approximate surface area is 154 Å². The molecule has 3 aromatic carbocycles. The molecule has 0 radical (unpaired) electrons. The Hall–Kier alpha value is -3.02. The van der Waals surface area contributed by atoms with Crippen molar-refractivity contribution in [3.63, 3.8) is 0 Å². The molecule has 0 aromatic heterocycles. The summed E-state index contributed by atoms with van der Waals surface area (Å²) in [6.45, 7) is 1.81. The van der Waals surface area contributed by atoms with E-state index in [0.29, 0.717) is 12.2 Å². The van der Waals surface area contributed by atoms with Gasteiger partial charge < -0.3 is 10.1 Å². The number of hydrogen-bond acceptors (Lipinski definition) is 2. The van der Waals surface area contributed by atoms with E-state index in [-0.39, 0.29) is 5.69 Å². The third-order valence-electron chi connectivity index (χ3n) is 4.16. The monoisotopic (exact) mass is 373 g/mol. The van der Waals surface area contributed by atoms with Gasteiger partial charge in [-0.2, -0.15) is 13.2 Å². The minimum absolute atomic E-state index is 0.285. The second kappa shape index (κ2) is 7.70. The molecule has 1 amide bonds. The molecule has 1 N–H and O–H groups in total. The summed E-state index contributed by atoms with van der Waals surface area (Å²) in [7, 11) is 0. The molecule has 1 unspecified atom stereocenters. The maximum absolute atomic E-state index is 12.6. The molecular weight excluding hydrogens is 355 g/mol. The molecule has 0 aliphatic rings. The van der Waals surface area contributed by atoms with E-state index < -0.39 is 23.8 Å². The van der Waals surface area contributed by atoms with Crippen molar-refractivity contribution >= 4 is 22.4 Å². The van der Waals surface area contributed by atoms with Crippen LogP contribution in [0.5, 0.6) is 5.75 Å². The summed E-state index contributed by atoms with van der Waals surface area (Å²) in [4.78, 5) is 12.5. The Kier molecular flexibility index (Phi) is 5.35. The van der Waals surface area contributed by atoms with Crippen LogP contribution in [0.2, 0.25) is 0 Å². The first kappa shape index (κ1) is 18.8. The van der Waals surface area contributed by atoms with Crippen molar-refractivity contribution < 1.29 is 22.7 Å². The van der Waals surface area contributed by atoms with Gasteiger partial charge in [-0.05, 0) is 42.1 Å². The van der Waals surface area contributed by atoms with Gasteiger partial charge in [-0.25, -0.2) is 0 Å². The fourth-order valence-electron chi connectivity index (χ4n) is 2.74. The number of amides is 1. The van der Waals surface area contributed by atoms with Gasteiger partial charge >= 0.3 is 6.18 Å². The minimum Gasteiger partial charge on any atom is -0.480 e. The lowest BCUT2D eigenvalue weighted by Gasteiger charge is -2.19. The molecule has 0 saturated carbocycles. The number of rotatable bonds is 5. The number of fused-ring (bicyclic) bond motifs is 1. The van der Waals surface area contributed by atoms with Crippen LogP contribution in [-0.4, -0.2) is 12.0 Å². The zero-order chi connectivity index (χ0) is 19.4. The van der Waals surface area contributed by atoms with Gasteiger partial charge in [-0.3, -0.25) is 4.79 Å². The van der Waals surface area contributed by atoms with Gasteiger partial charge in [0.2, 0.25) is 0 Å². The Morgan fingerprint density at radius 2 is 1.67 bits per heavy atom. The van der Waals surface area contributed by atoms with E-state index in [9.17, 15) is 18.0 Å². The second-order valence-corrected chi connectivity index (χ2v) is 6.06. The quantitative estimate of drug-likeness (QED) is 0.627. The molecule has 0 aliphatic heterocycles. The van der Waals surface area contributed by atoms with Crippen LogP contribution in [0.15, 0.2) is 66.7 Å². The van der Waals surface area contributed by atoms with E-state index in [1.54, 1.807) is 6.07 Å². The summed E-state index contributed by atoms with van der Waals surface area (Å²) in [5.74, 6) is 0.174. The fraction of sp³-hybridized carbons (Fsp3) is 0.190. The van der Waals surface area contributed by atoms with E-state index in [1.165, 1.54) is 12.1 Å². The molecule has 0 heterocycles. The predicted molar refractivity (Wildman–Crippen MR) is 98.7 cm³/mol. The van der Waals surface area contributed by atoms with Gasteiger partial charge in [0.15, 0.2) is 6.10 Å². The van der Waals surface area contributed by atoms with Gasteiger partial charge in [0.25, 0.3) is 5.91 Å². The summed E-state index contributed by atoms with van der Waals surface area (Å²) >= 11 is 0. The Bertz CT molecular complexity index is 931. The normalized spacial score (nSPS) is 12.6. The molecule has 0 aliphatic carbocycles. The van der Waals surface area contributed by atoms with Crippen molar-refractivity contribution in [2.75, 3.05) is 5.32 Å². The Morgan fingerprint density at radius 3 is 2.33 bits per heavy atom. The van der Waals surface area contributed by atoms with Gasteiger partial charge in [-0.1, -0.05) is 43.3 Å². The average Bonchev–Trinajstić information content (AvgIpc) is 2.65. The second-order valence-electron chi connectivity index (χ2n) is 6.06. The van der Waals surface area contributed by atoms with Gasteiger partial charge in [0.1, 0.15) is 5.75 Å². The zero-order valence-corrected chi connectivity index (χ0v) is 14.6. The molecule has 0 fully saturated rings. The first-order chi connectivity index (χ1) is 12.9. The number of alkyl halides is 3. The van der Waals surface area contributed by atoms with E-state index in [2.05, 4.69) is 5.32 Å². The number of nitrogens with one attached hydrogen (secondary N) is 1. The number of halogens is 3. The molecule has 3 rings (SSSR count). The lowest BCUT2D eigenvalue weighted by molar-refractivity contribution is -0.137. The number of benzene rings is 3. The van der Waals surface area contributed by atoms with Crippen molar-refractivity contribution in [1.29, 1.82) is 0 Å². The Morgan fingerprint density at radius 1 is 1.00 bits per heavy atom. The maximum atomic E-state index is 12.6. The molecular formula is C21H18F3NO2. The van der Waals surface area contributed by atoms with E-state index in [4.69, 9.17) is 4.74 Å². The molecule has 0 saturated heterocycles. The smallest absolute Gasteiger partial charge is 0.416 e. The lowest BCUT2D eigenvalue weighted by Crippen LogP contribution is -2.32. The third-order valence-corrected chi connectivity index (χ3v) is 4.16. The number of carbonyl (C=O) groups excluding carboxylic acids is 1. The van der Waals surface area contributed by atoms with Crippen LogP contribution in [0.25, 0.3) is 10.8 Å². The highest BCUT2D eigenvalue weighted by atomic mass is 19.4. The van der Waals surface area contributed by atoms with Crippen molar-refractivity contribution in [2.24, 2.45) is 0 Å². The number of hydrogen-bond donors (Lipinski definition) is 1. The van der Waals surface area contributed by atoms with E-state index in [1.807, 2.05) is 43.3 Å². The number of anilines is 1. The van der Waals surface area contributed by atoms with Gasteiger partial charge in [0, 0.05) is 11.1 Å². The summed E-state index contributed by atoms with van der Waals surface area (Å²) < 4.78 is 43.8. The molecule has 3 nitrogen and oxygen atoms in total. The van der Waals surface area contributed by atoms with Crippen LogP contribution >= 0.6 is 0 Å². The molecule has 1 atom stereocenters. The zero-order valence-electron chi connectivity index (χ0n) is 14.6. The van der Waals surface area contributed by atoms with Crippen LogP contribution in [0.1, 0.15) is 18.9 Å². The van der Waals surface area contributed by atoms with E-state index >= 15 is 0 Å². The first-order valence-electron chi connectivity index (χ1n) is 8.51. The Balaban J connectivity index is 1.74. The predicted octanol–water partition coefficient (Wildman–Crippen LogP) is 5.65. The summed E-state index contributed by atoms with van der Waals surface area (Å²) in [5.41, 5.74) is -0.479. The number of ether oxygens (including phenoxy) is 1. The van der Waals surface area contributed by atoms with Crippen LogP contribution < -0.4 is 10.1 Å². The van der Waals surface area contributed by atoms with Crippen LogP contribution in [-0.2, 0) is 11.0 Å². The van der Waals surface area contributed by atoms with Gasteiger partial charge in [-0.15, -0.1) is 0 Å². The molecule has 27 heavy (non-hydrogen) atoms. The first-order valence-corrected chi connectivity index (χ1v) is 8.51. The highest BCUT2D eigenvalue weighted by molar-refractivity contribution is 5.95. The molecule has 6 heteroatoms. The largest absolute Gasteiger partial charge is 0.480 e.